The van der Waals surface area contributed by atoms with Crippen LogP contribution in [0.3, 0.4) is 0 Å². The monoisotopic (exact) mass is 303 g/mol. The minimum absolute atomic E-state index is 0.00412. The molecule has 0 N–H and O–H groups in total. The van der Waals surface area contributed by atoms with Crippen molar-refractivity contribution in [1.29, 1.82) is 0 Å². The second-order valence-electron chi connectivity index (χ2n) is 5.30. The van der Waals surface area contributed by atoms with Crippen LogP contribution in [0.25, 0.3) is 0 Å². The molecular weight excluding hydrogens is 282 g/mol. The lowest BCUT2D eigenvalue weighted by atomic mass is 10.1. The van der Waals surface area contributed by atoms with Crippen molar-refractivity contribution in [1.82, 2.24) is 14.1 Å². The second kappa shape index (κ2) is 5.69. The average molecular weight is 303 g/mol. The number of sulfonamides is 1. The first-order chi connectivity index (χ1) is 9.35. The fraction of sp³-hybridized carbons (Fsp3) is 0.833. The number of hydrogen-bond acceptors (Lipinski definition) is 4. The van der Waals surface area contributed by atoms with Gasteiger partial charge in [-0.2, -0.15) is 4.31 Å². The highest BCUT2D eigenvalue weighted by Gasteiger charge is 2.36. The Kier molecular flexibility index (Phi) is 4.33. The van der Waals surface area contributed by atoms with Gasteiger partial charge in [-0.3, -0.25) is 9.59 Å². The molecule has 0 aliphatic carbocycles. The van der Waals surface area contributed by atoms with E-state index in [1.807, 2.05) is 0 Å². The quantitative estimate of drug-likeness (QED) is 0.667. The van der Waals surface area contributed by atoms with Crippen LogP contribution >= 0.6 is 0 Å². The summed E-state index contributed by atoms with van der Waals surface area (Å²) in [4.78, 5) is 27.0. The third kappa shape index (κ3) is 2.95. The van der Waals surface area contributed by atoms with Crippen LogP contribution in [-0.4, -0.2) is 79.9 Å². The van der Waals surface area contributed by atoms with Crippen molar-refractivity contribution in [3.63, 3.8) is 0 Å². The molecule has 2 fully saturated rings. The first-order valence-corrected chi connectivity index (χ1v) is 8.46. The van der Waals surface area contributed by atoms with E-state index in [1.165, 1.54) is 4.31 Å². The van der Waals surface area contributed by atoms with Gasteiger partial charge in [0.15, 0.2) is 0 Å². The van der Waals surface area contributed by atoms with Gasteiger partial charge in [0.2, 0.25) is 21.8 Å². The van der Waals surface area contributed by atoms with Crippen LogP contribution in [-0.2, 0) is 19.6 Å². The normalized spacial score (nSPS) is 25.3. The maximum Gasteiger partial charge on any atom is 0.228 e. The van der Waals surface area contributed by atoms with E-state index in [4.69, 9.17) is 0 Å². The molecule has 8 heteroatoms. The summed E-state index contributed by atoms with van der Waals surface area (Å²) >= 11 is 0. The van der Waals surface area contributed by atoms with Gasteiger partial charge in [0.1, 0.15) is 0 Å². The number of rotatable bonds is 3. The molecule has 114 valence electrons. The zero-order chi connectivity index (χ0) is 14.9. The largest absolute Gasteiger partial charge is 0.345 e. The van der Waals surface area contributed by atoms with Gasteiger partial charge in [0, 0.05) is 46.2 Å². The van der Waals surface area contributed by atoms with Crippen molar-refractivity contribution in [2.75, 3.05) is 45.5 Å². The zero-order valence-corrected chi connectivity index (χ0v) is 12.7. The fourth-order valence-corrected chi connectivity index (χ4v) is 3.74. The van der Waals surface area contributed by atoms with Crippen LogP contribution in [0.4, 0.5) is 0 Å². The van der Waals surface area contributed by atoms with Gasteiger partial charge in [0.05, 0.1) is 11.7 Å². The van der Waals surface area contributed by atoms with E-state index in [9.17, 15) is 18.0 Å². The van der Waals surface area contributed by atoms with Crippen LogP contribution < -0.4 is 0 Å². The van der Waals surface area contributed by atoms with Crippen molar-refractivity contribution >= 4 is 21.8 Å². The highest BCUT2D eigenvalue weighted by molar-refractivity contribution is 7.89. The molecule has 0 aromatic carbocycles. The lowest BCUT2D eigenvalue weighted by Crippen LogP contribution is -2.52. The Hall–Kier alpha value is -1.15. The number of piperazine rings is 1. The summed E-state index contributed by atoms with van der Waals surface area (Å²) in [6.07, 6.45) is 0.267. The summed E-state index contributed by atoms with van der Waals surface area (Å²) in [5.74, 6) is -0.225. The minimum Gasteiger partial charge on any atom is -0.345 e. The van der Waals surface area contributed by atoms with Crippen molar-refractivity contribution in [2.45, 2.75) is 13.3 Å². The minimum atomic E-state index is -3.17. The van der Waals surface area contributed by atoms with Gasteiger partial charge in [-0.1, -0.05) is 0 Å². The molecule has 7 nitrogen and oxygen atoms in total. The van der Waals surface area contributed by atoms with E-state index in [0.717, 1.165) is 0 Å². The number of amides is 2. The average Bonchev–Trinajstić information content (AvgIpc) is 2.78. The van der Waals surface area contributed by atoms with E-state index in [-0.39, 0.29) is 29.9 Å². The third-order valence-corrected chi connectivity index (χ3v) is 5.88. The van der Waals surface area contributed by atoms with Crippen molar-refractivity contribution in [2.24, 2.45) is 5.92 Å². The number of carbonyl (C=O) groups is 2. The van der Waals surface area contributed by atoms with Crippen molar-refractivity contribution in [3.8, 4) is 0 Å². The van der Waals surface area contributed by atoms with Crippen LogP contribution in [0.15, 0.2) is 0 Å². The predicted octanol–water partition coefficient (Wildman–Crippen LogP) is -1.04. The SMILES string of the molecule is CCS(=O)(=O)N1CCN(C(=O)C2CC(=O)N(C)C2)CC1. The molecule has 0 radical (unpaired) electrons. The molecule has 2 aliphatic heterocycles. The first kappa shape index (κ1) is 15.2. The van der Waals surface area contributed by atoms with Gasteiger partial charge in [0.25, 0.3) is 0 Å². The lowest BCUT2D eigenvalue weighted by molar-refractivity contribution is -0.137. The van der Waals surface area contributed by atoms with Crippen LogP contribution in [0.5, 0.6) is 0 Å². The Morgan fingerprint density at radius 1 is 1.25 bits per heavy atom. The molecule has 0 spiro atoms. The summed E-state index contributed by atoms with van der Waals surface area (Å²) in [6, 6.07) is 0. The van der Waals surface area contributed by atoms with Gasteiger partial charge in [-0.15, -0.1) is 0 Å². The molecule has 2 heterocycles. The number of hydrogen-bond donors (Lipinski definition) is 0. The molecule has 1 unspecified atom stereocenters. The van der Waals surface area contributed by atoms with E-state index < -0.39 is 10.0 Å². The molecule has 0 aromatic rings. The highest BCUT2D eigenvalue weighted by Crippen LogP contribution is 2.20. The molecule has 1 atom stereocenters. The van der Waals surface area contributed by atoms with E-state index in [1.54, 1.807) is 23.8 Å². The molecule has 0 bridgehead atoms. The standard InChI is InChI=1S/C12H21N3O4S/c1-3-20(18,19)15-6-4-14(5-7-15)12(17)10-8-11(16)13(2)9-10/h10H,3-9H2,1-2H3. The molecule has 0 aromatic heterocycles. The Morgan fingerprint density at radius 3 is 2.30 bits per heavy atom. The topological polar surface area (TPSA) is 78.0 Å². The number of carbonyl (C=O) groups excluding carboxylic acids is 2. The van der Waals surface area contributed by atoms with Crippen molar-refractivity contribution in [3.05, 3.63) is 0 Å². The van der Waals surface area contributed by atoms with Crippen LogP contribution in [0.1, 0.15) is 13.3 Å². The predicted molar refractivity (Wildman–Crippen MR) is 73.4 cm³/mol. The smallest absolute Gasteiger partial charge is 0.228 e. The summed E-state index contributed by atoms with van der Waals surface area (Å²) in [5, 5.41) is 0. The maximum absolute atomic E-state index is 12.3. The van der Waals surface area contributed by atoms with Gasteiger partial charge in [-0.05, 0) is 6.92 Å². The maximum atomic E-state index is 12.3. The Balaban J connectivity index is 1.91. The highest BCUT2D eigenvalue weighted by atomic mass is 32.2. The summed E-state index contributed by atoms with van der Waals surface area (Å²) in [6.45, 7) is 3.59. The molecule has 2 saturated heterocycles. The number of nitrogens with zero attached hydrogens (tertiary/aromatic N) is 3. The van der Waals surface area contributed by atoms with E-state index in [2.05, 4.69) is 0 Å². The Bertz CT molecular complexity index is 497. The van der Waals surface area contributed by atoms with Gasteiger partial charge in [-0.25, -0.2) is 8.42 Å². The van der Waals surface area contributed by atoms with Gasteiger partial charge < -0.3 is 9.80 Å². The Morgan fingerprint density at radius 2 is 1.85 bits per heavy atom. The Labute approximate surface area is 119 Å². The van der Waals surface area contributed by atoms with Gasteiger partial charge >= 0.3 is 0 Å². The molecular formula is C12H21N3O4S. The first-order valence-electron chi connectivity index (χ1n) is 6.85. The third-order valence-electron chi connectivity index (χ3n) is 4.00. The molecule has 0 saturated carbocycles. The molecule has 2 aliphatic rings. The van der Waals surface area contributed by atoms with Crippen LogP contribution in [0.2, 0.25) is 0 Å². The summed E-state index contributed by atoms with van der Waals surface area (Å²) in [7, 11) is -1.48. The molecule has 2 rings (SSSR count). The second-order valence-corrected chi connectivity index (χ2v) is 7.56. The lowest BCUT2D eigenvalue weighted by Gasteiger charge is -2.35. The summed E-state index contributed by atoms with van der Waals surface area (Å²) < 4.78 is 24.9. The fourth-order valence-electron chi connectivity index (χ4n) is 2.66. The molecule has 2 amide bonds. The van der Waals surface area contributed by atoms with Crippen molar-refractivity contribution < 1.29 is 18.0 Å². The number of likely N-dealkylation sites (tertiary alicyclic amines) is 1. The zero-order valence-electron chi connectivity index (χ0n) is 11.9. The van der Waals surface area contributed by atoms with E-state index in [0.29, 0.717) is 32.7 Å². The van der Waals surface area contributed by atoms with E-state index >= 15 is 0 Å². The van der Waals surface area contributed by atoms with Crippen LogP contribution in [0, 0.1) is 5.92 Å². The summed E-state index contributed by atoms with van der Waals surface area (Å²) in [5.41, 5.74) is 0. The molecule has 20 heavy (non-hydrogen) atoms.